The zero-order valence-corrected chi connectivity index (χ0v) is 8.97. The van der Waals surface area contributed by atoms with E-state index in [9.17, 15) is 0 Å². The molecule has 2 heteroatoms. The smallest absolute Gasteiger partial charge is 0.172 e. The topological polar surface area (TPSA) is 9.23 Å². The number of hydrogen-bond donors (Lipinski definition) is 0. The van der Waals surface area contributed by atoms with E-state index in [1.807, 2.05) is 0 Å². The molecule has 1 nitrogen and oxygen atoms in total. The van der Waals surface area contributed by atoms with Crippen LogP contribution in [0.3, 0.4) is 0 Å². The van der Waals surface area contributed by atoms with Gasteiger partial charge in [0.05, 0.1) is 0 Å². The molecule has 0 N–H and O–H groups in total. The third-order valence-corrected chi connectivity index (χ3v) is 4.15. The lowest BCUT2D eigenvalue weighted by molar-refractivity contribution is 0.358. The molecule has 0 aromatic heterocycles. The highest BCUT2D eigenvalue weighted by Gasteiger charge is 2.14. The van der Waals surface area contributed by atoms with Crippen molar-refractivity contribution in [2.75, 3.05) is 6.61 Å². The summed E-state index contributed by atoms with van der Waals surface area (Å²) in [6, 6.07) is 0. The molecule has 0 heterocycles. The van der Waals surface area contributed by atoms with Crippen molar-refractivity contribution < 1.29 is 4.43 Å². The fourth-order valence-corrected chi connectivity index (χ4v) is 2.56. The van der Waals surface area contributed by atoms with Crippen LogP contribution in [0.15, 0.2) is 23.3 Å². The molecule has 1 unspecified atom stereocenters. The van der Waals surface area contributed by atoms with Crippen LogP contribution in [-0.2, 0) is 4.43 Å². The summed E-state index contributed by atoms with van der Waals surface area (Å²) in [5, 5.41) is 0. The highest BCUT2D eigenvalue weighted by Crippen LogP contribution is 2.28. The third kappa shape index (κ3) is 2.04. The van der Waals surface area contributed by atoms with Gasteiger partial charge in [-0.15, -0.1) is 0 Å². The quantitative estimate of drug-likeness (QED) is 0.584. The predicted octanol–water partition coefficient (Wildman–Crippen LogP) is 1.80. The van der Waals surface area contributed by atoms with Crippen molar-refractivity contribution in [3.05, 3.63) is 23.3 Å². The SMILES string of the molecule is CCO[SiH2]C1C=CC(C)=C1C. The minimum atomic E-state index is -0.336. The Bertz CT molecular complexity index is 194. The van der Waals surface area contributed by atoms with E-state index < -0.39 is 0 Å². The maximum atomic E-state index is 5.49. The minimum Gasteiger partial charge on any atom is -0.423 e. The van der Waals surface area contributed by atoms with Gasteiger partial charge in [-0.3, -0.25) is 0 Å². The van der Waals surface area contributed by atoms with Crippen molar-refractivity contribution in [1.82, 2.24) is 0 Å². The van der Waals surface area contributed by atoms with Crippen LogP contribution in [0.5, 0.6) is 0 Å². The summed E-state index contributed by atoms with van der Waals surface area (Å²) in [5.41, 5.74) is 3.63. The van der Waals surface area contributed by atoms with Gasteiger partial charge in [-0.05, 0) is 20.8 Å². The minimum absolute atomic E-state index is 0.336. The van der Waals surface area contributed by atoms with E-state index in [0.29, 0.717) is 5.54 Å². The Morgan fingerprint density at radius 1 is 1.55 bits per heavy atom. The standard InChI is InChI=1S/C9H16OSi/c1-4-10-11-9-6-5-7(2)8(9)3/h5-6,9H,4,11H2,1-3H3. The molecule has 1 atom stereocenters. The Balaban J connectivity index is 2.44. The molecule has 0 amide bonds. The van der Waals surface area contributed by atoms with Crippen LogP contribution in [0.4, 0.5) is 0 Å². The molecule has 1 aliphatic rings. The van der Waals surface area contributed by atoms with Crippen molar-refractivity contribution in [1.29, 1.82) is 0 Å². The Morgan fingerprint density at radius 3 is 2.73 bits per heavy atom. The number of allylic oxidation sites excluding steroid dienone is 4. The van der Waals surface area contributed by atoms with Gasteiger partial charge >= 0.3 is 0 Å². The zero-order chi connectivity index (χ0) is 8.27. The molecule has 0 saturated carbocycles. The third-order valence-electron chi connectivity index (χ3n) is 2.26. The van der Waals surface area contributed by atoms with Gasteiger partial charge in [0.1, 0.15) is 0 Å². The molecule has 0 aromatic rings. The first kappa shape index (κ1) is 8.75. The van der Waals surface area contributed by atoms with Crippen molar-refractivity contribution in [3.8, 4) is 0 Å². The molecule has 1 rings (SSSR count). The van der Waals surface area contributed by atoms with Crippen molar-refractivity contribution in [3.63, 3.8) is 0 Å². The summed E-state index contributed by atoms with van der Waals surface area (Å²) in [7, 11) is -0.336. The van der Waals surface area contributed by atoms with Gasteiger partial charge in [-0.25, -0.2) is 0 Å². The Morgan fingerprint density at radius 2 is 2.27 bits per heavy atom. The molecule has 62 valence electrons. The summed E-state index contributed by atoms with van der Waals surface area (Å²) in [6.07, 6.45) is 4.50. The van der Waals surface area contributed by atoms with E-state index in [4.69, 9.17) is 4.43 Å². The largest absolute Gasteiger partial charge is 0.423 e. The lowest BCUT2D eigenvalue weighted by atomic mass is 10.2. The molecule has 0 aromatic carbocycles. The van der Waals surface area contributed by atoms with Crippen LogP contribution in [0.1, 0.15) is 20.8 Å². The molecular formula is C9H16OSi. The monoisotopic (exact) mass is 168 g/mol. The Hall–Kier alpha value is -0.343. The second-order valence-corrected chi connectivity index (χ2v) is 4.61. The van der Waals surface area contributed by atoms with Gasteiger partial charge < -0.3 is 4.43 Å². The fourth-order valence-electron chi connectivity index (χ4n) is 1.25. The lowest BCUT2D eigenvalue weighted by Gasteiger charge is -2.08. The van der Waals surface area contributed by atoms with Crippen molar-refractivity contribution >= 4 is 9.76 Å². The Labute approximate surface area is 71.1 Å². The molecular weight excluding hydrogens is 152 g/mol. The summed E-state index contributed by atoms with van der Waals surface area (Å²) in [4.78, 5) is 0. The highest BCUT2D eigenvalue weighted by atomic mass is 28.2. The van der Waals surface area contributed by atoms with E-state index in [1.54, 1.807) is 0 Å². The molecule has 0 fully saturated rings. The normalized spacial score (nSPS) is 24.5. The molecule has 0 saturated heterocycles. The number of hydrogen-bond acceptors (Lipinski definition) is 1. The van der Waals surface area contributed by atoms with Crippen LogP contribution in [0, 0.1) is 0 Å². The molecule has 0 aliphatic heterocycles. The van der Waals surface area contributed by atoms with Crippen molar-refractivity contribution in [2.24, 2.45) is 0 Å². The summed E-state index contributed by atoms with van der Waals surface area (Å²) in [6.45, 7) is 7.33. The molecule has 11 heavy (non-hydrogen) atoms. The fraction of sp³-hybridized carbons (Fsp3) is 0.556. The van der Waals surface area contributed by atoms with E-state index in [1.165, 1.54) is 11.1 Å². The van der Waals surface area contributed by atoms with Gasteiger partial charge in [-0.1, -0.05) is 23.3 Å². The van der Waals surface area contributed by atoms with Gasteiger partial charge in [0.15, 0.2) is 9.76 Å². The average molecular weight is 168 g/mol. The first-order valence-corrected chi connectivity index (χ1v) is 5.58. The first-order chi connectivity index (χ1) is 5.25. The summed E-state index contributed by atoms with van der Waals surface area (Å²) < 4.78 is 5.49. The zero-order valence-electron chi connectivity index (χ0n) is 7.55. The van der Waals surface area contributed by atoms with E-state index in [0.717, 1.165) is 6.61 Å². The van der Waals surface area contributed by atoms with Crippen LogP contribution in [-0.4, -0.2) is 16.4 Å². The maximum absolute atomic E-state index is 5.49. The predicted molar refractivity (Wildman–Crippen MR) is 51.4 cm³/mol. The summed E-state index contributed by atoms with van der Waals surface area (Å²) in [5.74, 6) is 0. The molecule has 0 bridgehead atoms. The van der Waals surface area contributed by atoms with Crippen molar-refractivity contribution in [2.45, 2.75) is 26.3 Å². The van der Waals surface area contributed by atoms with Gasteiger partial charge in [0.25, 0.3) is 0 Å². The number of rotatable bonds is 3. The van der Waals surface area contributed by atoms with Crippen LogP contribution in [0.2, 0.25) is 5.54 Å². The van der Waals surface area contributed by atoms with E-state index >= 15 is 0 Å². The lowest BCUT2D eigenvalue weighted by Crippen LogP contribution is -2.05. The molecule has 0 radical (unpaired) electrons. The maximum Gasteiger partial charge on any atom is 0.172 e. The summed E-state index contributed by atoms with van der Waals surface area (Å²) >= 11 is 0. The van der Waals surface area contributed by atoms with Crippen LogP contribution < -0.4 is 0 Å². The highest BCUT2D eigenvalue weighted by molar-refractivity contribution is 6.32. The van der Waals surface area contributed by atoms with Gasteiger partial charge in [-0.2, -0.15) is 0 Å². The van der Waals surface area contributed by atoms with Crippen LogP contribution >= 0.6 is 0 Å². The van der Waals surface area contributed by atoms with E-state index in [-0.39, 0.29) is 9.76 Å². The average Bonchev–Trinajstić information content (AvgIpc) is 2.31. The van der Waals surface area contributed by atoms with Gasteiger partial charge in [0.2, 0.25) is 0 Å². The van der Waals surface area contributed by atoms with Gasteiger partial charge in [0, 0.05) is 12.1 Å². The first-order valence-electron chi connectivity index (χ1n) is 4.19. The Kier molecular flexibility index (Phi) is 3.09. The second kappa shape index (κ2) is 3.88. The van der Waals surface area contributed by atoms with E-state index in [2.05, 4.69) is 32.9 Å². The molecule has 1 aliphatic carbocycles. The van der Waals surface area contributed by atoms with Crippen LogP contribution in [0.25, 0.3) is 0 Å². The second-order valence-electron chi connectivity index (χ2n) is 2.99. The molecule has 0 spiro atoms.